The fourth-order valence-corrected chi connectivity index (χ4v) is 2.29. The molecule has 0 aliphatic heterocycles. The van der Waals surface area contributed by atoms with Gasteiger partial charge in [-0.25, -0.2) is 4.79 Å². The van der Waals surface area contributed by atoms with Crippen LogP contribution in [0.2, 0.25) is 0 Å². The van der Waals surface area contributed by atoms with E-state index in [4.69, 9.17) is 10.8 Å². The molecule has 0 aromatic heterocycles. The van der Waals surface area contributed by atoms with Crippen LogP contribution in [0.3, 0.4) is 0 Å². The predicted molar refractivity (Wildman–Crippen MR) is 68.3 cm³/mol. The fourth-order valence-electron chi connectivity index (χ4n) is 2.29. The number of nitrogens with two attached hydrogens (primary N) is 1. The van der Waals surface area contributed by atoms with E-state index in [1.54, 1.807) is 6.92 Å². The highest BCUT2D eigenvalue weighted by molar-refractivity contribution is 5.77. The molecule has 1 aliphatic carbocycles. The van der Waals surface area contributed by atoms with Crippen LogP contribution in [-0.4, -0.2) is 35.1 Å². The first kappa shape index (κ1) is 15.3. The SMILES string of the molecule is CC(CC(N)=O)NC(=O)NC1CCC(C(=O)O)CC1. The van der Waals surface area contributed by atoms with Crippen LogP contribution in [-0.2, 0) is 9.59 Å². The Hall–Kier alpha value is -1.79. The lowest BCUT2D eigenvalue weighted by molar-refractivity contribution is -0.142. The van der Waals surface area contributed by atoms with Crippen LogP contribution in [0, 0.1) is 5.92 Å². The molecular formula is C12H21N3O4. The number of carbonyl (C=O) groups excluding carboxylic acids is 2. The Balaban J connectivity index is 2.27. The maximum atomic E-state index is 11.6. The second-order valence-corrected chi connectivity index (χ2v) is 5.08. The number of urea groups is 1. The van der Waals surface area contributed by atoms with Crippen molar-refractivity contribution in [2.24, 2.45) is 11.7 Å². The fraction of sp³-hybridized carbons (Fsp3) is 0.750. The number of hydrogen-bond acceptors (Lipinski definition) is 3. The molecule has 0 aromatic rings. The van der Waals surface area contributed by atoms with Crippen LogP contribution in [0.25, 0.3) is 0 Å². The van der Waals surface area contributed by atoms with Crippen LogP contribution in [0.15, 0.2) is 0 Å². The minimum absolute atomic E-state index is 0.00335. The van der Waals surface area contributed by atoms with Gasteiger partial charge >= 0.3 is 12.0 Å². The van der Waals surface area contributed by atoms with Gasteiger partial charge in [-0.2, -0.15) is 0 Å². The molecule has 0 saturated heterocycles. The monoisotopic (exact) mass is 271 g/mol. The van der Waals surface area contributed by atoms with Crippen LogP contribution >= 0.6 is 0 Å². The van der Waals surface area contributed by atoms with Gasteiger partial charge in [0.05, 0.1) is 5.92 Å². The number of carboxylic acid groups (broad SMARTS) is 1. The highest BCUT2D eigenvalue weighted by Crippen LogP contribution is 2.24. The highest BCUT2D eigenvalue weighted by atomic mass is 16.4. The van der Waals surface area contributed by atoms with Gasteiger partial charge < -0.3 is 21.5 Å². The summed E-state index contributed by atoms with van der Waals surface area (Å²) in [5.41, 5.74) is 5.03. The lowest BCUT2D eigenvalue weighted by Gasteiger charge is -2.27. The molecule has 0 radical (unpaired) electrons. The summed E-state index contributed by atoms with van der Waals surface area (Å²) in [4.78, 5) is 33.1. The summed E-state index contributed by atoms with van der Waals surface area (Å²) in [5, 5.41) is 14.3. The maximum Gasteiger partial charge on any atom is 0.315 e. The zero-order valence-corrected chi connectivity index (χ0v) is 11.0. The summed E-state index contributed by atoms with van der Waals surface area (Å²) in [6.07, 6.45) is 2.58. The first-order chi connectivity index (χ1) is 8.88. The Labute approximate surface area is 111 Å². The van der Waals surface area contributed by atoms with Crippen LogP contribution in [0.4, 0.5) is 4.79 Å². The molecule has 1 saturated carbocycles. The van der Waals surface area contributed by atoms with Gasteiger partial charge in [-0.05, 0) is 32.6 Å². The first-order valence-corrected chi connectivity index (χ1v) is 6.46. The van der Waals surface area contributed by atoms with Crippen molar-refractivity contribution in [2.45, 2.75) is 51.1 Å². The van der Waals surface area contributed by atoms with E-state index >= 15 is 0 Å². The van der Waals surface area contributed by atoms with Crippen molar-refractivity contribution in [3.8, 4) is 0 Å². The number of carbonyl (C=O) groups is 3. The predicted octanol–water partition coefficient (Wildman–Crippen LogP) is 0.193. The molecule has 7 nitrogen and oxygen atoms in total. The Bertz CT molecular complexity index is 351. The number of aliphatic carboxylic acids is 1. The van der Waals surface area contributed by atoms with E-state index in [2.05, 4.69) is 10.6 Å². The summed E-state index contributed by atoms with van der Waals surface area (Å²) in [5.74, 6) is -1.53. The minimum atomic E-state index is -0.766. The molecule has 5 N–H and O–H groups in total. The Kier molecular flexibility index (Phi) is 5.59. The molecule has 0 heterocycles. The summed E-state index contributed by atoms with van der Waals surface area (Å²) in [6, 6.07) is -0.656. The summed E-state index contributed by atoms with van der Waals surface area (Å²) in [7, 11) is 0. The van der Waals surface area contributed by atoms with Crippen molar-refractivity contribution in [3.63, 3.8) is 0 Å². The second-order valence-electron chi connectivity index (χ2n) is 5.08. The van der Waals surface area contributed by atoms with Crippen molar-refractivity contribution in [2.75, 3.05) is 0 Å². The van der Waals surface area contributed by atoms with Crippen molar-refractivity contribution < 1.29 is 19.5 Å². The Morgan fingerprint density at radius 2 is 1.84 bits per heavy atom. The second kappa shape index (κ2) is 6.96. The zero-order chi connectivity index (χ0) is 14.4. The van der Waals surface area contributed by atoms with Crippen molar-refractivity contribution in [3.05, 3.63) is 0 Å². The van der Waals surface area contributed by atoms with Gasteiger partial charge in [0.1, 0.15) is 0 Å². The highest BCUT2D eigenvalue weighted by Gasteiger charge is 2.26. The molecular weight excluding hydrogens is 250 g/mol. The van der Waals surface area contributed by atoms with Gasteiger partial charge in [0.2, 0.25) is 5.91 Å². The van der Waals surface area contributed by atoms with E-state index in [-0.39, 0.29) is 30.5 Å². The van der Waals surface area contributed by atoms with Crippen LogP contribution < -0.4 is 16.4 Å². The molecule has 19 heavy (non-hydrogen) atoms. The third kappa shape index (κ3) is 5.58. The van der Waals surface area contributed by atoms with Crippen LogP contribution in [0.5, 0.6) is 0 Å². The summed E-state index contributed by atoms with van der Waals surface area (Å²) in [6.45, 7) is 1.70. The minimum Gasteiger partial charge on any atom is -0.481 e. The van der Waals surface area contributed by atoms with Crippen molar-refractivity contribution in [1.29, 1.82) is 0 Å². The molecule has 0 bridgehead atoms. The lowest BCUT2D eigenvalue weighted by atomic mass is 9.86. The lowest BCUT2D eigenvalue weighted by Crippen LogP contribution is -2.47. The zero-order valence-electron chi connectivity index (χ0n) is 11.0. The van der Waals surface area contributed by atoms with E-state index in [9.17, 15) is 14.4 Å². The normalized spacial score (nSPS) is 24.3. The molecule has 0 aromatic carbocycles. The van der Waals surface area contributed by atoms with Gasteiger partial charge in [-0.1, -0.05) is 0 Å². The number of primary amides is 1. The van der Waals surface area contributed by atoms with E-state index in [0.29, 0.717) is 25.7 Å². The van der Waals surface area contributed by atoms with Crippen molar-refractivity contribution in [1.82, 2.24) is 10.6 Å². The summed E-state index contributed by atoms with van der Waals surface area (Å²) >= 11 is 0. The molecule has 7 heteroatoms. The largest absolute Gasteiger partial charge is 0.481 e. The number of carboxylic acids is 1. The van der Waals surface area contributed by atoms with E-state index in [1.165, 1.54) is 0 Å². The molecule has 0 spiro atoms. The summed E-state index contributed by atoms with van der Waals surface area (Å²) < 4.78 is 0. The number of rotatable bonds is 5. The Morgan fingerprint density at radius 3 is 2.32 bits per heavy atom. The third-order valence-corrected chi connectivity index (χ3v) is 3.30. The van der Waals surface area contributed by atoms with Gasteiger partial charge in [0, 0.05) is 18.5 Å². The smallest absolute Gasteiger partial charge is 0.315 e. The van der Waals surface area contributed by atoms with E-state index in [0.717, 1.165) is 0 Å². The number of hydrogen-bond donors (Lipinski definition) is 4. The Morgan fingerprint density at radius 1 is 1.26 bits per heavy atom. The standard InChI is InChI=1S/C12H21N3O4/c1-7(6-10(13)16)14-12(19)15-9-4-2-8(3-5-9)11(17)18/h7-9H,2-6H2,1H3,(H2,13,16)(H,17,18)(H2,14,15,19). The third-order valence-electron chi connectivity index (χ3n) is 3.30. The average molecular weight is 271 g/mol. The van der Waals surface area contributed by atoms with E-state index in [1.807, 2.05) is 0 Å². The van der Waals surface area contributed by atoms with Gasteiger partial charge in [-0.15, -0.1) is 0 Å². The van der Waals surface area contributed by atoms with Gasteiger partial charge in [0.15, 0.2) is 0 Å². The van der Waals surface area contributed by atoms with Gasteiger partial charge in [0.25, 0.3) is 0 Å². The van der Waals surface area contributed by atoms with E-state index < -0.39 is 11.9 Å². The number of amides is 3. The molecule has 3 amide bonds. The van der Waals surface area contributed by atoms with Crippen LogP contribution in [0.1, 0.15) is 39.0 Å². The molecule has 1 rings (SSSR count). The first-order valence-electron chi connectivity index (χ1n) is 6.46. The molecule has 1 atom stereocenters. The quantitative estimate of drug-likeness (QED) is 0.570. The number of nitrogens with one attached hydrogen (secondary N) is 2. The molecule has 1 unspecified atom stereocenters. The molecule has 1 fully saturated rings. The average Bonchev–Trinajstić information content (AvgIpc) is 2.27. The van der Waals surface area contributed by atoms with Gasteiger partial charge in [-0.3, -0.25) is 9.59 Å². The molecule has 1 aliphatic rings. The van der Waals surface area contributed by atoms with Crippen molar-refractivity contribution >= 4 is 17.9 Å². The molecule has 108 valence electrons. The topological polar surface area (TPSA) is 122 Å². The maximum absolute atomic E-state index is 11.6.